The van der Waals surface area contributed by atoms with E-state index in [1.54, 1.807) is 11.6 Å². The van der Waals surface area contributed by atoms with Gasteiger partial charge in [-0.25, -0.2) is 4.98 Å². The summed E-state index contributed by atoms with van der Waals surface area (Å²) in [7, 11) is 0. The number of aromatic nitrogens is 1. The number of rotatable bonds is 4. The van der Waals surface area contributed by atoms with Crippen LogP contribution in [0.15, 0.2) is 41.9 Å². The molecule has 0 aliphatic carbocycles. The van der Waals surface area contributed by atoms with Crippen LogP contribution in [0.3, 0.4) is 0 Å². The Hall–Kier alpha value is -2.60. The van der Waals surface area contributed by atoms with E-state index in [1.165, 1.54) is 11.3 Å². The Morgan fingerprint density at radius 2 is 2.09 bits per heavy atom. The number of carbonyl (C=O) groups excluding carboxylic acids is 1. The first-order valence-corrected chi connectivity index (χ1v) is 8.17. The third-order valence-corrected chi connectivity index (χ3v) is 4.52. The first kappa shape index (κ1) is 14.0. The van der Waals surface area contributed by atoms with Gasteiger partial charge >= 0.3 is 0 Å². The molecule has 5 nitrogen and oxygen atoms in total. The average molecular weight is 326 g/mol. The maximum atomic E-state index is 12.2. The van der Waals surface area contributed by atoms with Crippen molar-refractivity contribution in [1.82, 2.24) is 10.3 Å². The van der Waals surface area contributed by atoms with Crippen LogP contribution in [0.1, 0.15) is 15.9 Å². The molecule has 1 aliphatic rings. The minimum Gasteiger partial charge on any atom is -0.454 e. The summed E-state index contributed by atoms with van der Waals surface area (Å²) >= 11 is 1.53. The van der Waals surface area contributed by atoms with Gasteiger partial charge in [-0.15, -0.1) is 11.3 Å². The second kappa shape index (κ2) is 5.89. The Morgan fingerprint density at radius 3 is 3.04 bits per heavy atom. The van der Waals surface area contributed by atoms with Crippen LogP contribution in [-0.4, -0.2) is 24.2 Å². The van der Waals surface area contributed by atoms with Crippen molar-refractivity contribution in [3.8, 4) is 11.5 Å². The summed E-state index contributed by atoms with van der Waals surface area (Å²) in [5, 5.41) is 2.95. The van der Waals surface area contributed by atoms with Gasteiger partial charge in [-0.1, -0.05) is 6.07 Å². The number of nitrogens with one attached hydrogen (secondary N) is 1. The third kappa shape index (κ3) is 2.85. The minimum atomic E-state index is -0.0685. The van der Waals surface area contributed by atoms with Crippen molar-refractivity contribution in [3.05, 3.63) is 53.0 Å². The van der Waals surface area contributed by atoms with Crippen molar-refractivity contribution < 1.29 is 14.3 Å². The van der Waals surface area contributed by atoms with Gasteiger partial charge in [-0.05, 0) is 42.3 Å². The van der Waals surface area contributed by atoms with Crippen molar-refractivity contribution >= 4 is 27.5 Å². The van der Waals surface area contributed by atoms with Crippen LogP contribution in [0.2, 0.25) is 0 Å². The number of amides is 1. The number of nitrogens with zero attached hydrogens (tertiary/aromatic N) is 1. The average Bonchev–Trinajstić information content (AvgIpc) is 3.22. The zero-order valence-corrected chi connectivity index (χ0v) is 13.1. The summed E-state index contributed by atoms with van der Waals surface area (Å²) in [4.78, 5) is 16.4. The minimum absolute atomic E-state index is 0.0685. The number of fused-ring (bicyclic) bond motifs is 2. The smallest absolute Gasteiger partial charge is 0.251 e. The van der Waals surface area contributed by atoms with E-state index in [0.717, 1.165) is 33.7 Å². The van der Waals surface area contributed by atoms with Crippen molar-refractivity contribution in [2.45, 2.75) is 6.42 Å². The van der Waals surface area contributed by atoms with E-state index in [4.69, 9.17) is 9.47 Å². The van der Waals surface area contributed by atoms with Gasteiger partial charge in [0.2, 0.25) is 6.79 Å². The van der Waals surface area contributed by atoms with E-state index >= 15 is 0 Å². The standard InChI is InChI=1S/C17H14N2O3S/c20-17(12-2-3-13-16(8-12)23-9-19-13)18-6-5-11-1-4-14-15(7-11)22-10-21-14/h1-4,7-9H,5-6,10H2,(H,18,20). The van der Waals surface area contributed by atoms with Gasteiger partial charge in [0.1, 0.15) is 0 Å². The molecule has 0 bridgehead atoms. The molecule has 0 saturated heterocycles. The van der Waals surface area contributed by atoms with Gasteiger partial charge in [0.25, 0.3) is 5.91 Å². The molecule has 23 heavy (non-hydrogen) atoms. The molecule has 6 heteroatoms. The molecule has 3 aromatic rings. The normalized spacial score (nSPS) is 12.5. The second-order valence-corrected chi connectivity index (χ2v) is 6.11. The highest BCUT2D eigenvalue weighted by Gasteiger charge is 2.13. The molecule has 4 rings (SSSR count). The largest absolute Gasteiger partial charge is 0.454 e. The van der Waals surface area contributed by atoms with Crippen LogP contribution in [-0.2, 0) is 6.42 Å². The Kier molecular flexibility index (Phi) is 3.59. The lowest BCUT2D eigenvalue weighted by atomic mass is 10.1. The molecule has 1 amide bonds. The summed E-state index contributed by atoms with van der Waals surface area (Å²) in [6, 6.07) is 11.4. The van der Waals surface area contributed by atoms with Crippen molar-refractivity contribution in [3.63, 3.8) is 0 Å². The number of ether oxygens (including phenoxy) is 2. The summed E-state index contributed by atoms with van der Waals surface area (Å²) in [6.45, 7) is 0.842. The van der Waals surface area contributed by atoms with E-state index < -0.39 is 0 Å². The van der Waals surface area contributed by atoms with Crippen LogP contribution in [0, 0.1) is 0 Å². The SMILES string of the molecule is O=C(NCCc1ccc2c(c1)OCO2)c1ccc2ncsc2c1. The quantitative estimate of drug-likeness (QED) is 0.801. The van der Waals surface area contributed by atoms with Crippen molar-refractivity contribution in [2.75, 3.05) is 13.3 Å². The summed E-state index contributed by atoms with van der Waals surface area (Å²) in [5.74, 6) is 1.47. The first-order valence-electron chi connectivity index (χ1n) is 7.29. The van der Waals surface area contributed by atoms with Gasteiger partial charge in [0, 0.05) is 12.1 Å². The van der Waals surface area contributed by atoms with Gasteiger partial charge in [0.05, 0.1) is 15.7 Å². The molecule has 1 N–H and O–H groups in total. The molecule has 2 aromatic carbocycles. The molecule has 0 spiro atoms. The molecule has 116 valence electrons. The topological polar surface area (TPSA) is 60.5 Å². The Labute approximate surface area is 136 Å². The van der Waals surface area contributed by atoms with Gasteiger partial charge in [-0.2, -0.15) is 0 Å². The van der Waals surface area contributed by atoms with Crippen LogP contribution in [0.5, 0.6) is 11.5 Å². The third-order valence-electron chi connectivity index (χ3n) is 3.73. The molecule has 0 fully saturated rings. The first-order chi connectivity index (χ1) is 11.3. The highest BCUT2D eigenvalue weighted by atomic mass is 32.1. The summed E-state index contributed by atoms with van der Waals surface area (Å²) < 4.78 is 11.7. The van der Waals surface area contributed by atoms with Gasteiger partial charge in [-0.3, -0.25) is 4.79 Å². The molecule has 0 atom stereocenters. The highest BCUT2D eigenvalue weighted by Crippen LogP contribution is 2.32. The predicted octanol–water partition coefficient (Wildman–Crippen LogP) is 3.00. The molecule has 0 radical (unpaired) electrons. The van der Waals surface area contributed by atoms with Crippen molar-refractivity contribution in [2.24, 2.45) is 0 Å². The molecular weight excluding hydrogens is 312 g/mol. The lowest BCUT2D eigenvalue weighted by Gasteiger charge is -2.06. The number of carbonyl (C=O) groups is 1. The maximum absolute atomic E-state index is 12.2. The lowest BCUT2D eigenvalue weighted by molar-refractivity contribution is 0.0954. The van der Waals surface area contributed by atoms with E-state index in [1.807, 2.05) is 30.3 Å². The lowest BCUT2D eigenvalue weighted by Crippen LogP contribution is -2.25. The zero-order valence-electron chi connectivity index (χ0n) is 12.2. The number of benzene rings is 2. The number of hydrogen-bond acceptors (Lipinski definition) is 5. The van der Waals surface area contributed by atoms with Gasteiger partial charge < -0.3 is 14.8 Å². The van der Waals surface area contributed by atoms with Crippen LogP contribution in [0.4, 0.5) is 0 Å². The van der Waals surface area contributed by atoms with Crippen molar-refractivity contribution in [1.29, 1.82) is 0 Å². The van der Waals surface area contributed by atoms with E-state index in [2.05, 4.69) is 10.3 Å². The molecule has 0 unspecified atom stereocenters. The zero-order chi connectivity index (χ0) is 15.6. The monoisotopic (exact) mass is 326 g/mol. The molecular formula is C17H14N2O3S. The summed E-state index contributed by atoms with van der Waals surface area (Å²) in [5.41, 5.74) is 4.47. The van der Waals surface area contributed by atoms with E-state index in [-0.39, 0.29) is 12.7 Å². The maximum Gasteiger partial charge on any atom is 0.251 e. The highest BCUT2D eigenvalue weighted by molar-refractivity contribution is 7.16. The van der Waals surface area contributed by atoms with Crippen LogP contribution in [0.25, 0.3) is 10.2 Å². The Morgan fingerprint density at radius 1 is 1.17 bits per heavy atom. The van der Waals surface area contributed by atoms with Gasteiger partial charge in [0.15, 0.2) is 11.5 Å². The molecule has 1 aromatic heterocycles. The summed E-state index contributed by atoms with van der Waals surface area (Å²) in [6.07, 6.45) is 0.741. The van der Waals surface area contributed by atoms with E-state index in [0.29, 0.717) is 12.1 Å². The fraction of sp³-hybridized carbons (Fsp3) is 0.176. The Balaban J connectivity index is 1.37. The van der Waals surface area contributed by atoms with Crippen LogP contribution >= 0.6 is 11.3 Å². The predicted molar refractivity (Wildman–Crippen MR) is 88.2 cm³/mol. The van der Waals surface area contributed by atoms with Crippen LogP contribution < -0.4 is 14.8 Å². The number of thiazole rings is 1. The fourth-order valence-electron chi connectivity index (χ4n) is 2.52. The molecule has 1 aliphatic heterocycles. The molecule has 0 saturated carbocycles. The fourth-order valence-corrected chi connectivity index (χ4v) is 3.23. The molecule has 2 heterocycles. The Bertz CT molecular complexity index is 875. The van der Waals surface area contributed by atoms with E-state index in [9.17, 15) is 4.79 Å². The number of hydrogen-bond donors (Lipinski definition) is 1. The second-order valence-electron chi connectivity index (χ2n) is 5.23.